The first-order chi connectivity index (χ1) is 6.11. The summed E-state index contributed by atoms with van der Waals surface area (Å²) >= 11 is 0. The molecule has 0 heterocycles. The third-order valence-electron chi connectivity index (χ3n) is 2.61. The molecule has 1 aromatic rings. The molecule has 0 saturated heterocycles. The molecule has 70 valence electrons. The van der Waals surface area contributed by atoms with Crippen molar-refractivity contribution in [3.05, 3.63) is 34.4 Å². The zero-order chi connectivity index (χ0) is 9.59. The molecule has 1 aliphatic carbocycles. The van der Waals surface area contributed by atoms with Crippen LogP contribution in [0.15, 0.2) is 6.07 Å². The van der Waals surface area contributed by atoms with Crippen molar-refractivity contribution in [2.45, 2.75) is 25.9 Å². The van der Waals surface area contributed by atoms with E-state index in [1.807, 2.05) is 0 Å². The number of halogens is 2. The van der Waals surface area contributed by atoms with E-state index in [4.69, 9.17) is 0 Å². The summed E-state index contributed by atoms with van der Waals surface area (Å²) in [6.07, 6.45) is 0.304. The first kappa shape index (κ1) is 8.63. The molecule has 1 atom stereocenters. The molecule has 1 aromatic carbocycles. The third-order valence-corrected chi connectivity index (χ3v) is 2.61. The Morgan fingerprint density at radius 1 is 1.46 bits per heavy atom. The first-order valence-electron chi connectivity index (χ1n) is 4.26. The monoisotopic (exact) mass is 184 g/mol. The number of aliphatic hydroxyl groups excluding tert-OH is 1. The predicted molar refractivity (Wildman–Crippen MR) is 44.4 cm³/mol. The number of hydrogen-bond acceptors (Lipinski definition) is 1. The summed E-state index contributed by atoms with van der Waals surface area (Å²) in [5, 5.41) is 9.39. The van der Waals surface area contributed by atoms with E-state index in [0.717, 1.165) is 0 Å². The van der Waals surface area contributed by atoms with Gasteiger partial charge in [-0.05, 0) is 37.0 Å². The van der Waals surface area contributed by atoms with Crippen LogP contribution in [-0.4, -0.2) is 5.11 Å². The number of aliphatic hydroxyl groups is 1. The highest BCUT2D eigenvalue weighted by Crippen LogP contribution is 2.34. The van der Waals surface area contributed by atoms with E-state index in [-0.39, 0.29) is 5.56 Å². The molecule has 1 nitrogen and oxygen atoms in total. The number of benzene rings is 1. The van der Waals surface area contributed by atoms with E-state index in [1.165, 1.54) is 13.0 Å². The Labute approximate surface area is 75.0 Å². The van der Waals surface area contributed by atoms with Crippen LogP contribution in [0.4, 0.5) is 8.78 Å². The Kier molecular flexibility index (Phi) is 1.84. The summed E-state index contributed by atoms with van der Waals surface area (Å²) in [4.78, 5) is 0. The van der Waals surface area contributed by atoms with Gasteiger partial charge in [-0.15, -0.1) is 0 Å². The van der Waals surface area contributed by atoms with Gasteiger partial charge in [-0.3, -0.25) is 0 Å². The molecule has 3 heteroatoms. The van der Waals surface area contributed by atoms with Crippen molar-refractivity contribution >= 4 is 0 Å². The van der Waals surface area contributed by atoms with Crippen molar-refractivity contribution in [2.75, 3.05) is 0 Å². The number of rotatable bonds is 0. The van der Waals surface area contributed by atoms with Gasteiger partial charge in [-0.1, -0.05) is 0 Å². The SMILES string of the molecule is Cc1c(F)cc2c(c1F)CCC2O. The van der Waals surface area contributed by atoms with E-state index < -0.39 is 17.7 Å². The minimum Gasteiger partial charge on any atom is -0.388 e. The van der Waals surface area contributed by atoms with Crippen LogP contribution >= 0.6 is 0 Å². The van der Waals surface area contributed by atoms with Gasteiger partial charge in [0.15, 0.2) is 0 Å². The molecule has 1 unspecified atom stereocenters. The highest BCUT2D eigenvalue weighted by molar-refractivity contribution is 5.39. The number of hydrogen-bond donors (Lipinski definition) is 1. The molecule has 0 bridgehead atoms. The molecule has 1 N–H and O–H groups in total. The molecule has 13 heavy (non-hydrogen) atoms. The van der Waals surface area contributed by atoms with Crippen LogP contribution in [0.3, 0.4) is 0 Å². The van der Waals surface area contributed by atoms with Crippen LogP contribution in [0.1, 0.15) is 29.2 Å². The second-order valence-electron chi connectivity index (χ2n) is 3.42. The topological polar surface area (TPSA) is 20.2 Å². The fraction of sp³-hybridized carbons (Fsp3) is 0.400. The molecule has 2 rings (SSSR count). The molecular formula is C10H10F2O. The molecule has 0 amide bonds. The Bertz CT molecular complexity index is 360. The van der Waals surface area contributed by atoms with Gasteiger partial charge in [-0.2, -0.15) is 0 Å². The Balaban J connectivity index is 2.67. The lowest BCUT2D eigenvalue weighted by molar-refractivity contribution is 0.179. The van der Waals surface area contributed by atoms with Gasteiger partial charge in [0.05, 0.1) is 6.10 Å². The maximum absolute atomic E-state index is 13.4. The summed E-state index contributed by atoms with van der Waals surface area (Å²) in [5.41, 5.74) is 0.944. The van der Waals surface area contributed by atoms with Crippen molar-refractivity contribution in [1.82, 2.24) is 0 Å². The summed E-state index contributed by atoms with van der Waals surface area (Å²) in [7, 11) is 0. The number of fused-ring (bicyclic) bond motifs is 1. The molecule has 0 radical (unpaired) electrons. The molecule has 0 aliphatic heterocycles. The van der Waals surface area contributed by atoms with Gasteiger partial charge in [0.25, 0.3) is 0 Å². The minimum atomic E-state index is -0.695. The van der Waals surface area contributed by atoms with E-state index in [2.05, 4.69) is 0 Å². The summed E-state index contributed by atoms with van der Waals surface area (Å²) in [6, 6.07) is 1.24. The normalized spacial score (nSPS) is 20.5. The highest BCUT2D eigenvalue weighted by Gasteiger charge is 2.25. The van der Waals surface area contributed by atoms with Gasteiger partial charge < -0.3 is 5.11 Å². The van der Waals surface area contributed by atoms with Crippen molar-refractivity contribution in [2.24, 2.45) is 0 Å². The fourth-order valence-electron chi connectivity index (χ4n) is 1.78. The quantitative estimate of drug-likeness (QED) is 0.655. The van der Waals surface area contributed by atoms with Crippen LogP contribution in [0.5, 0.6) is 0 Å². The fourth-order valence-corrected chi connectivity index (χ4v) is 1.78. The van der Waals surface area contributed by atoms with Crippen molar-refractivity contribution in [3.63, 3.8) is 0 Å². The molecule has 0 fully saturated rings. The predicted octanol–water partition coefficient (Wildman–Crippen LogP) is 2.25. The van der Waals surface area contributed by atoms with Gasteiger partial charge in [0.2, 0.25) is 0 Å². The average Bonchev–Trinajstić information content (AvgIpc) is 2.45. The summed E-state index contributed by atoms with van der Waals surface area (Å²) in [5.74, 6) is -1.07. The van der Waals surface area contributed by atoms with Crippen LogP contribution in [0, 0.1) is 18.6 Å². The van der Waals surface area contributed by atoms with Gasteiger partial charge in [0.1, 0.15) is 11.6 Å². The second kappa shape index (κ2) is 2.77. The van der Waals surface area contributed by atoms with E-state index in [1.54, 1.807) is 0 Å². The highest BCUT2D eigenvalue weighted by atomic mass is 19.1. The van der Waals surface area contributed by atoms with Crippen molar-refractivity contribution < 1.29 is 13.9 Å². The Morgan fingerprint density at radius 3 is 2.85 bits per heavy atom. The summed E-state index contributed by atoms with van der Waals surface area (Å²) in [6.45, 7) is 1.41. The Morgan fingerprint density at radius 2 is 2.15 bits per heavy atom. The average molecular weight is 184 g/mol. The van der Waals surface area contributed by atoms with E-state index in [9.17, 15) is 13.9 Å². The lowest BCUT2D eigenvalue weighted by Gasteiger charge is -2.07. The maximum atomic E-state index is 13.4. The van der Waals surface area contributed by atoms with Crippen LogP contribution < -0.4 is 0 Å². The van der Waals surface area contributed by atoms with E-state index >= 15 is 0 Å². The van der Waals surface area contributed by atoms with Crippen LogP contribution in [0.25, 0.3) is 0 Å². The summed E-state index contributed by atoms with van der Waals surface area (Å²) < 4.78 is 26.4. The standard InChI is InChI=1S/C10H10F2O/c1-5-8(11)4-7-6(10(5)12)2-3-9(7)13/h4,9,13H,2-3H2,1H3. The zero-order valence-corrected chi connectivity index (χ0v) is 7.27. The lowest BCUT2D eigenvalue weighted by atomic mass is 10.0. The van der Waals surface area contributed by atoms with E-state index in [0.29, 0.717) is 24.0 Å². The lowest BCUT2D eigenvalue weighted by Crippen LogP contribution is -1.98. The molecule has 0 spiro atoms. The minimum absolute atomic E-state index is 0.0489. The zero-order valence-electron chi connectivity index (χ0n) is 7.27. The molecular weight excluding hydrogens is 174 g/mol. The third kappa shape index (κ3) is 1.15. The first-order valence-corrected chi connectivity index (χ1v) is 4.26. The van der Waals surface area contributed by atoms with Gasteiger partial charge >= 0.3 is 0 Å². The largest absolute Gasteiger partial charge is 0.388 e. The molecule has 0 saturated carbocycles. The van der Waals surface area contributed by atoms with Crippen LogP contribution in [0.2, 0.25) is 0 Å². The van der Waals surface area contributed by atoms with Gasteiger partial charge in [0, 0.05) is 5.56 Å². The van der Waals surface area contributed by atoms with Gasteiger partial charge in [-0.25, -0.2) is 8.78 Å². The smallest absolute Gasteiger partial charge is 0.132 e. The Hall–Kier alpha value is -0.960. The molecule has 1 aliphatic rings. The molecule has 0 aromatic heterocycles. The van der Waals surface area contributed by atoms with Crippen LogP contribution in [-0.2, 0) is 6.42 Å². The van der Waals surface area contributed by atoms with Crippen molar-refractivity contribution in [1.29, 1.82) is 0 Å². The maximum Gasteiger partial charge on any atom is 0.132 e. The second-order valence-corrected chi connectivity index (χ2v) is 3.42. The van der Waals surface area contributed by atoms with Crippen molar-refractivity contribution in [3.8, 4) is 0 Å².